The molecule has 0 bridgehead atoms. The molecule has 9 heteroatoms. The lowest BCUT2D eigenvalue weighted by Gasteiger charge is -2.49. The van der Waals surface area contributed by atoms with Crippen LogP contribution in [0.5, 0.6) is 0 Å². The van der Waals surface area contributed by atoms with E-state index in [1.54, 1.807) is 18.2 Å². The molecule has 0 saturated carbocycles. The Morgan fingerprint density at radius 3 is 2.53 bits per heavy atom. The van der Waals surface area contributed by atoms with Gasteiger partial charge >= 0.3 is 5.97 Å². The predicted octanol–water partition coefficient (Wildman–Crippen LogP) is 4.88. The summed E-state index contributed by atoms with van der Waals surface area (Å²) in [5, 5.41) is 0.885. The van der Waals surface area contributed by atoms with Gasteiger partial charge in [0.2, 0.25) is 0 Å². The number of anilines is 1. The molecule has 0 radical (unpaired) electrons. The standard InChI is InChI=1S/C25H31Cl2FN4O2/c1-16-14-32(24-22(27)10-19(12-29-24)25(33)34-3)17(2)13-31(16)21-6-8-30(9-7-21)15-18-4-5-20(26)11-23(18)28/h4-5,10-12,16-17,21H,6-9,13-15H2,1-3H3/t16-,17+/m0/s1. The molecule has 34 heavy (non-hydrogen) atoms. The Kier molecular flexibility index (Phi) is 7.97. The van der Waals surface area contributed by atoms with E-state index in [1.807, 2.05) is 0 Å². The van der Waals surface area contributed by atoms with Crippen LogP contribution in [0.3, 0.4) is 0 Å². The predicted molar refractivity (Wildman–Crippen MR) is 133 cm³/mol. The lowest BCUT2D eigenvalue weighted by Crippen LogP contribution is -2.61. The first-order valence-corrected chi connectivity index (χ1v) is 12.4. The van der Waals surface area contributed by atoms with Crippen LogP contribution in [-0.4, -0.2) is 72.2 Å². The molecule has 184 valence electrons. The highest BCUT2D eigenvalue weighted by atomic mass is 35.5. The van der Waals surface area contributed by atoms with E-state index >= 15 is 0 Å². The SMILES string of the molecule is COC(=O)c1cnc(N2C[C@H](C)N(C3CCN(Cc4ccc(Cl)cc4F)CC3)C[C@H]2C)c(Cl)c1. The summed E-state index contributed by atoms with van der Waals surface area (Å²) in [5.74, 6) is 0.0190. The molecule has 2 atom stereocenters. The molecular formula is C25H31Cl2FN4O2. The number of pyridine rings is 1. The number of esters is 1. The van der Waals surface area contributed by atoms with E-state index in [4.69, 9.17) is 27.9 Å². The fraction of sp³-hybridized carbons (Fsp3) is 0.520. The van der Waals surface area contributed by atoms with E-state index in [0.29, 0.717) is 45.6 Å². The summed E-state index contributed by atoms with van der Waals surface area (Å²) >= 11 is 12.4. The molecule has 0 spiro atoms. The third kappa shape index (κ3) is 5.48. The number of aromatic nitrogens is 1. The molecule has 0 amide bonds. The first-order chi connectivity index (χ1) is 16.3. The van der Waals surface area contributed by atoms with Crippen LogP contribution in [0.15, 0.2) is 30.5 Å². The third-order valence-corrected chi connectivity index (χ3v) is 7.50. The van der Waals surface area contributed by atoms with Crippen LogP contribution in [0.2, 0.25) is 10.0 Å². The van der Waals surface area contributed by atoms with E-state index in [2.05, 4.69) is 33.5 Å². The minimum absolute atomic E-state index is 0.228. The number of piperazine rings is 1. The smallest absolute Gasteiger partial charge is 0.339 e. The summed E-state index contributed by atoms with van der Waals surface area (Å²) in [6.45, 7) is 8.64. The van der Waals surface area contributed by atoms with Crippen molar-refractivity contribution in [2.45, 2.75) is 51.4 Å². The fourth-order valence-electron chi connectivity index (χ4n) is 5.13. The van der Waals surface area contributed by atoms with E-state index < -0.39 is 5.97 Å². The van der Waals surface area contributed by atoms with Crippen molar-refractivity contribution >= 4 is 35.0 Å². The van der Waals surface area contributed by atoms with Gasteiger partial charge in [0.1, 0.15) is 11.6 Å². The Labute approximate surface area is 210 Å². The molecule has 2 aliphatic rings. The Morgan fingerprint density at radius 2 is 1.88 bits per heavy atom. The van der Waals surface area contributed by atoms with Gasteiger partial charge in [0.25, 0.3) is 0 Å². The van der Waals surface area contributed by atoms with E-state index in [0.717, 1.165) is 39.0 Å². The zero-order chi connectivity index (χ0) is 24.4. The van der Waals surface area contributed by atoms with Crippen molar-refractivity contribution in [3.05, 3.63) is 57.5 Å². The Hall–Kier alpha value is -1.93. The van der Waals surface area contributed by atoms with Crippen molar-refractivity contribution in [2.75, 3.05) is 38.2 Å². The number of hydrogen-bond donors (Lipinski definition) is 0. The van der Waals surface area contributed by atoms with Gasteiger partial charge in [0.15, 0.2) is 0 Å². The first-order valence-electron chi connectivity index (χ1n) is 11.7. The van der Waals surface area contributed by atoms with Gasteiger partial charge in [-0.3, -0.25) is 9.80 Å². The Morgan fingerprint density at radius 1 is 1.15 bits per heavy atom. The normalized spacial score (nSPS) is 22.7. The molecule has 4 rings (SSSR count). The maximum Gasteiger partial charge on any atom is 0.339 e. The molecular weight excluding hydrogens is 478 g/mol. The summed E-state index contributed by atoms with van der Waals surface area (Å²) in [5.41, 5.74) is 1.04. The van der Waals surface area contributed by atoms with Gasteiger partial charge in [-0.2, -0.15) is 0 Å². The highest BCUT2D eigenvalue weighted by molar-refractivity contribution is 6.33. The van der Waals surface area contributed by atoms with Crippen LogP contribution in [0.25, 0.3) is 0 Å². The average Bonchev–Trinajstić information content (AvgIpc) is 2.82. The van der Waals surface area contributed by atoms with Crippen molar-refractivity contribution in [1.82, 2.24) is 14.8 Å². The molecule has 2 saturated heterocycles. The zero-order valence-electron chi connectivity index (χ0n) is 19.8. The van der Waals surface area contributed by atoms with E-state index in [-0.39, 0.29) is 11.9 Å². The number of likely N-dealkylation sites (tertiary alicyclic amines) is 1. The number of methoxy groups -OCH3 is 1. The second-order valence-electron chi connectivity index (χ2n) is 9.31. The van der Waals surface area contributed by atoms with Gasteiger partial charge in [-0.05, 0) is 58.0 Å². The fourth-order valence-corrected chi connectivity index (χ4v) is 5.56. The number of benzene rings is 1. The maximum absolute atomic E-state index is 14.2. The Bertz CT molecular complexity index is 1030. The minimum atomic E-state index is -0.447. The van der Waals surface area contributed by atoms with Crippen molar-refractivity contribution in [3.63, 3.8) is 0 Å². The number of ether oxygens (including phenoxy) is 1. The average molecular weight is 509 g/mol. The molecule has 2 fully saturated rings. The molecule has 0 aliphatic carbocycles. The number of piperidine rings is 1. The second kappa shape index (κ2) is 10.8. The van der Waals surface area contributed by atoms with Crippen molar-refractivity contribution in [1.29, 1.82) is 0 Å². The van der Waals surface area contributed by atoms with Crippen LogP contribution >= 0.6 is 23.2 Å². The van der Waals surface area contributed by atoms with E-state index in [1.165, 1.54) is 19.4 Å². The molecule has 1 aromatic carbocycles. The van der Waals surface area contributed by atoms with Gasteiger partial charge in [0.05, 0.1) is 17.7 Å². The third-order valence-electron chi connectivity index (χ3n) is 6.98. The molecule has 2 aromatic rings. The molecule has 0 unspecified atom stereocenters. The van der Waals surface area contributed by atoms with Crippen LogP contribution < -0.4 is 4.90 Å². The summed E-state index contributed by atoms with van der Waals surface area (Å²) < 4.78 is 19.0. The highest BCUT2D eigenvalue weighted by Gasteiger charge is 2.36. The molecule has 3 heterocycles. The number of halogens is 3. The molecule has 6 nitrogen and oxygen atoms in total. The number of rotatable bonds is 5. The number of nitrogens with zero attached hydrogens (tertiary/aromatic N) is 4. The molecule has 1 aromatic heterocycles. The van der Waals surface area contributed by atoms with Gasteiger partial charge in [-0.1, -0.05) is 29.3 Å². The lowest BCUT2D eigenvalue weighted by molar-refractivity contribution is 0.0582. The number of carbonyl (C=O) groups excluding carboxylic acids is 1. The van der Waals surface area contributed by atoms with Crippen molar-refractivity contribution < 1.29 is 13.9 Å². The second-order valence-corrected chi connectivity index (χ2v) is 10.2. The minimum Gasteiger partial charge on any atom is -0.465 e. The zero-order valence-corrected chi connectivity index (χ0v) is 21.3. The molecule has 2 aliphatic heterocycles. The van der Waals surface area contributed by atoms with Gasteiger partial charge < -0.3 is 9.64 Å². The van der Waals surface area contributed by atoms with Crippen LogP contribution in [0.1, 0.15) is 42.6 Å². The van der Waals surface area contributed by atoms with Crippen LogP contribution in [-0.2, 0) is 11.3 Å². The first kappa shape index (κ1) is 25.2. The lowest BCUT2D eigenvalue weighted by atomic mass is 9.97. The summed E-state index contributed by atoms with van der Waals surface area (Å²) in [6.07, 6.45) is 3.63. The van der Waals surface area contributed by atoms with Crippen molar-refractivity contribution in [2.24, 2.45) is 0 Å². The van der Waals surface area contributed by atoms with Gasteiger partial charge in [-0.25, -0.2) is 14.2 Å². The summed E-state index contributed by atoms with van der Waals surface area (Å²) in [6, 6.07) is 7.60. The van der Waals surface area contributed by atoms with Crippen LogP contribution in [0, 0.1) is 5.82 Å². The van der Waals surface area contributed by atoms with E-state index in [9.17, 15) is 9.18 Å². The molecule has 0 N–H and O–H groups in total. The number of carbonyl (C=O) groups is 1. The largest absolute Gasteiger partial charge is 0.465 e. The quantitative estimate of drug-likeness (QED) is 0.536. The van der Waals surface area contributed by atoms with Crippen LogP contribution in [0.4, 0.5) is 10.2 Å². The summed E-state index contributed by atoms with van der Waals surface area (Å²) in [7, 11) is 1.34. The monoisotopic (exact) mass is 508 g/mol. The Balaban J connectivity index is 1.35. The topological polar surface area (TPSA) is 48.9 Å². The number of hydrogen-bond acceptors (Lipinski definition) is 6. The van der Waals surface area contributed by atoms with Gasteiger partial charge in [-0.15, -0.1) is 0 Å². The van der Waals surface area contributed by atoms with Crippen molar-refractivity contribution in [3.8, 4) is 0 Å². The highest BCUT2D eigenvalue weighted by Crippen LogP contribution is 2.31. The maximum atomic E-state index is 14.2. The van der Waals surface area contributed by atoms with Gasteiger partial charge in [0, 0.05) is 54.5 Å². The summed E-state index contributed by atoms with van der Waals surface area (Å²) in [4.78, 5) is 23.4.